The molecule has 9 nitrogen and oxygen atoms in total. The lowest BCUT2D eigenvalue weighted by Crippen LogP contribution is -2.48. The van der Waals surface area contributed by atoms with Crippen LogP contribution in [0.15, 0.2) is 18.2 Å². The number of amides is 3. The van der Waals surface area contributed by atoms with Crippen molar-refractivity contribution in [3.05, 3.63) is 23.8 Å². The van der Waals surface area contributed by atoms with Gasteiger partial charge in [0.1, 0.15) is 0 Å². The lowest BCUT2D eigenvalue weighted by atomic mass is 9.94. The van der Waals surface area contributed by atoms with Crippen LogP contribution in [0.4, 0.5) is 4.79 Å². The molecule has 1 saturated heterocycles. The maximum Gasteiger partial charge on any atom is 0.320 e. The first kappa shape index (κ1) is 31.0. The molecule has 2 aliphatic rings. The molecule has 3 rings (SSSR count). The highest BCUT2D eigenvalue weighted by atomic mass is 16.5. The minimum absolute atomic E-state index is 0.0214. The fourth-order valence-electron chi connectivity index (χ4n) is 5.34. The summed E-state index contributed by atoms with van der Waals surface area (Å²) in [5, 5.41) is 3.53. The van der Waals surface area contributed by atoms with Gasteiger partial charge in [-0.3, -0.25) is 4.79 Å². The maximum atomic E-state index is 13.8. The molecule has 220 valence electrons. The summed E-state index contributed by atoms with van der Waals surface area (Å²) in [4.78, 5) is 33.0. The Morgan fingerprint density at radius 2 is 1.69 bits per heavy atom. The minimum atomic E-state index is -0.0214. The lowest BCUT2D eigenvalue weighted by molar-refractivity contribution is 0.0650. The zero-order valence-corrected chi connectivity index (χ0v) is 25.1. The highest BCUT2D eigenvalue weighted by molar-refractivity contribution is 5.95. The Labute approximate surface area is 235 Å². The predicted molar refractivity (Wildman–Crippen MR) is 154 cm³/mol. The summed E-state index contributed by atoms with van der Waals surface area (Å²) < 4.78 is 16.5. The van der Waals surface area contributed by atoms with E-state index in [0.717, 1.165) is 45.4 Å². The van der Waals surface area contributed by atoms with Crippen molar-refractivity contribution < 1.29 is 23.8 Å². The minimum Gasteiger partial charge on any atom is -0.493 e. The highest BCUT2D eigenvalue weighted by Gasteiger charge is 2.39. The molecule has 1 saturated carbocycles. The molecule has 0 bridgehead atoms. The summed E-state index contributed by atoms with van der Waals surface area (Å²) in [6.45, 7) is 13.3. The molecule has 2 fully saturated rings. The van der Waals surface area contributed by atoms with Crippen LogP contribution in [0, 0.1) is 17.8 Å². The number of hydrogen-bond donors (Lipinski definition) is 1. The first-order chi connectivity index (χ1) is 18.7. The number of ether oxygens (including phenoxy) is 3. The van der Waals surface area contributed by atoms with Crippen molar-refractivity contribution in [1.29, 1.82) is 0 Å². The van der Waals surface area contributed by atoms with E-state index in [0.29, 0.717) is 54.7 Å². The number of carbonyl (C=O) groups is 2. The molecule has 0 aromatic heterocycles. The molecule has 39 heavy (non-hydrogen) atoms. The zero-order valence-electron chi connectivity index (χ0n) is 25.1. The molecule has 1 aliphatic heterocycles. The highest BCUT2D eigenvalue weighted by Crippen LogP contribution is 2.32. The third-order valence-corrected chi connectivity index (χ3v) is 7.59. The second-order valence-electron chi connectivity index (χ2n) is 11.7. The molecule has 1 heterocycles. The monoisotopic (exact) mass is 546 g/mol. The normalized spacial score (nSPS) is 18.9. The Balaban J connectivity index is 1.70. The van der Waals surface area contributed by atoms with E-state index < -0.39 is 0 Å². The summed E-state index contributed by atoms with van der Waals surface area (Å²) in [7, 11) is 5.17. The number of rotatable bonds is 15. The van der Waals surface area contributed by atoms with E-state index in [1.807, 2.05) is 16.8 Å². The third kappa shape index (κ3) is 8.73. The van der Waals surface area contributed by atoms with E-state index in [9.17, 15) is 9.59 Å². The molecule has 1 aromatic carbocycles. The second kappa shape index (κ2) is 14.7. The first-order valence-electron chi connectivity index (χ1n) is 14.5. The topological polar surface area (TPSA) is 83.6 Å². The van der Waals surface area contributed by atoms with Crippen molar-refractivity contribution in [3.8, 4) is 11.5 Å². The Morgan fingerprint density at radius 1 is 1.00 bits per heavy atom. The zero-order chi connectivity index (χ0) is 28.5. The maximum absolute atomic E-state index is 13.8. The summed E-state index contributed by atoms with van der Waals surface area (Å²) in [6.07, 6.45) is 2.91. The van der Waals surface area contributed by atoms with Gasteiger partial charge in [-0.15, -0.1) is 0 Å². The third-order valence-electron chi connectivity index (χ3n) is 7.59. The molecule has 0 radical (unpaired) electrons. The van der Waals surface area contributed by atoms with Gasteiger partial charge in [0.05, 0.1) is 13.7 Å². The Bertz CT molecular complexity index is 936. The molecule has 3 amide bonds. The van der Waals surface area contributed by atoms with Crippen molar-refractivity contribution in [1.82, 2.24) is 20.0 Å². The van der Waals surface area contributed by atoms with Gasteiger partial charge in [-0.25, -0.2) is 4.79 Å². The van der Waals surface area contributed by atoms with Crippen LogP contribution in [-0.4, -0.2) is 106 Å². The number of carbonyl (C=O) groups excluding carboxylic acids is 2. The van der Waals surface area contributed by atoms with Gasteiger partial charge < -0.3 is 34.2 Å². The Kier molecular flexibility index (Phi) is 11.7. The smallest absolute Gasteiger partial charge is 0.320 e. The van der Waals surface area contributed by atoms with Gasteiger partial charge in [0.25, 0.3) is 5.91 Å². The standard InChI is InChI=1S/C30H50N4O5/c1-21(2)18-32(5)30(36)34(26-10-11-26)20-25-17-31-16-24(25)19-33(22(3)4)29(35)23-9-12-27(38-7)28(15-23)39-14-8-13-37-6/h9,12,15,21-22,24-26,31H,8,10-11,13-14,16-20H2,1-7H3/t24-,25-/m0/s1. The number of hydrogen-bond acceptors (Lipinski definition) is 6. The quantitative estimate of drug-likeness (QED) is 0.335. The Hall–Kier alpha value is -2.52. The fraction of sp³-hybridized carbons (Fsp3) is 0.733. The van der Waals surface area contributed by atoms with E-state index in [-0.39, 0.29) is 23.9 Å². The van der Waals surface area contributed by atoms with Gasteiger partial charge in [0, 0.05) is 77.6 Å². The van der Waals surface area contributed by atoms with E-state index in [1.165, 1.54) is 0 Å². The van der Waals surface area contributed by atoms with Crippen LogP contribution in [0.25, 0.3) is 0 Å². The molecule has 2 atom stereocenters. The molecule has 1 aliphatic carbocycles. The van der Waals surface area contributed by atoms with Crippen LogP contribution < -0.4 is 14.8 Å². The number of nitrogens with one attached hydrogen (secondary N) is 1. The van der Waals surface area contributed by atoms with Crippen molar-refractivity contribution >= 4 is 11.9 Å². The van der Waals surface area contributed by atoms with Crippen LogP contribution in [-0.2, 0) is 4.74 Å². The molecular formula is C30H50N4O5. The molecule has 0 spiro atoms. The van der Waals surface area contributed by atoms with Gasteiger partial charge in [-0.2, -0.15) is 0 Å². The van der Waals surface area contributed by atoms with Gasteiger partial charge >= 0.3 is 6.03 Å². The van der Waals surface area contributed by atoms with Crippen LogP contribution in [0.1, 0.15) is 57.3 Å². The fourth-order valence-corrected chi connectivity index (χ4v) is 5.34. The summed E-state index contributed by atoms with van der Waals surface area (Å²) in [6, 6.07) is 5.89. The molecule has 9 heteroatoms. The molecule has 1 aromatic rings. The van der Waals surface area contributed by atoms with E-state index >= 15 is 0 Å². The molecule has 0 unspecified atom stereocenters. The number of benzene rings is 1. The van der Waals surface area contributed by atoms with Gasteiger partial charge in [0.15, 0.2) is 11.5 Å². The first-order valence-corrected chi connectivity index (χ1v) is 14.5. The van der Waals surface area contributed by atoms with Gasteiger partial charge in [-0.1, -0.05) is 13.8 Å². The van der Waals surface area contributed by atoms with E-state index in [2.05, 4.69) is 37.9 Å². The molecule has 1 N–H and O–H groups in total. The SMILES string of the molecule is COCCCOc1cc(C(=O)N(C[C@@H]2CNC[C@H]2CN(C(=O)N(C)CC(C)C)C2CC2)C(C)C)ccc1OC. The number of methoxy groups -OCH3 is 2. The van der Waals surface area contributed by atoms with Crippen LogP contribution >= 0.6 is 0 Å². The lowest BCUT2D eigenvalue weighted by Gasteiger charge is -2.35. The van der Waals surface area contributed by atoms with Crippen molar-refractivity contribution in [2.45, 2.75) is 59.0 Å². The average molecular weight is 547 g/mol. The van der Waals surface area contributed by atoms with Crippen LogP contribution in [0.5, 0.6) is 11.5 Å². The molecular weight excluding hydrogens is 496 g/mol. The predicted octanol–water partition coefficient (Wildman–Crippen LogP) is 3.97. The van der Waals surface area contributed by atoms with Gasteiger partial charge in [-0.05, 0) is 62.6 Å². The van der Waals surface area contributed by atoms with Gasteiger partial charge in [0.2, 0.25) is 0 Å². The number of urea groups is 1. The van der Waals surface area contributed by atoms with Crippen LogP contribution in [0.2, 0.25) is 0 Å². The largest absolute Gasteiger partial charge is 0.493 e. The second-order valence-corrected chi connectivity index (χ2v) is 11.7. The van der Waals surface area contributed by atoms with Crippen molar-refractivity contribution in [2.75, 3.05) is 67.2 Å². The van der Waals surface area contributed by atoms with Crippen LogP contribution in [0.3, 0.4) is 0 Å². The average Bonchev–Trinajstić information content (AvgIpc) is 3.65. The van der Waals surface area contributed by atoms with E-state index in [1.54, 1.807) is 32.4 Å². The van der Waals surface area contributed by atoms with E-state index in [4.69, 9.17) is 14.2 Å². The summed E-state index contributed by atoms with van der Waals surface area (Å²) in [5.41, 5.74) is 0.582. The number of nitrogens with zero attached hydrogens (tertiary/aromatic N) is 3. The Morgan fingerprint density at radius 3 is 2.28 bits per heavy atom. The van der Waals surface area contributed by atoms with Crippen molar-refractivity contribution in [2.24, 2.45) is 17.8 Å². The summed E-state index contributed by atoms with van der Waals surface area (Å²) >= 11 is 0. The van der Waals surface area contributed by atoms with Crippen molar-refractivity contribution in [3.63, 3.8) is 0 Å². The summed E-state index contributed by atoms with van der Waals surface area (Å²) in [5.74, 6) is 2.14.